The fourth-order valence-corrected chi connectivity index (χ4v) is 4.10. The van der Waals surface area contributed by atoms with Gasteiger partial charge in [0.15, 0.2) is 0 Å². The number of pyridine rings is 1. The predicted octanol–water partition coefficient (Wildman–Crippen LogP) is 1.24. The topological polar surface area (TPSA) is 101 Å². The summed E-state index contributed by atoms with van der Waals surface area (Å²) < 4.78 is 0. The fraction of sp³-hybridized carbons (Fsp3) is 0.500. The summed E-state index contributed by atoms with van der Waals surface area (Å²) in [6.45, 7) is 1.06. The van der Waals surface area contributed by atoms with Crippen molar-refractivity contribution in [2.24, 2.45) is 5.92 Å². The van der Waals surface area contributed by atoms with Gasteiger partial charge in [0.2, 0.25) is 5.13 Å². The van der Waals surface area contributed by atoms with E-state index in [0.29, 0.717) is 23.8 Å². The summed E-state index contributed by atoms with van der Waals surface area (Å²) in [5.41, 5.74) is 13.3. The van der Waals surface area contributed by atoms with Gasteiger partial charge < -0.3 is 11.1 Å². The van der Waals surface area contributed by atoms with Crippen LogP contribution in [0.2, 0.25) is 0 Å². The quantitative estimate of drug-likeness (QED) is 0.675. The van der Waals surface area contributed by atoms with Crippen molar-refractivity contribution in [3.05, 3.63) is 18.3 Å². The van der Waals surface area contributed by atoms with E-state index >= 15 is 0 Å². The molecule has 2 aliphatic rings. The largest absolute Gasteiger partial charge is 0.384 e. The zero-order valence-electron chi connectivity index (χ0n) is 12.1. The van der Waals surface area contributed by atoms with Gasteiger partial charge in [-0.25, -0.2) is 4.98 Å². The molecule has 2 aromatic rings. The third-order valence-electron chi connectivity index (χ3n) is 4.41. The number of nitrogens with two attached hydrogens (primary N) is 1. The molecule has 1 aliphatic heterocycles. The summed E-state index contributed by atoms with van der Waals surface area (Å²) >= 11 is 1.57. The first-order valence-corrected chi connectivity index (χ1v) is 8.40. The van der Waals surface area contributed by atoms with Crippen molar-refractivity contribution in [1.82, 2.24) is 26.0 Å². The van der Waals surface area contributed by atoms with Crippen LogP contribution in [-0.2, 0) is 0 Å². The molecule has 0 aromatic carbocycles. The van der Waals surface area contributed by atoms with Crippen molar-refractivity contribution in [2.75, 3.05) is 17.6 Å². The summed E-state index contributed by atoms with van der Waals surface area (Å²) in [6.07, 6.45) is 5.22. The fourth-order valence-electron chi connectivity index (χ4n) is 3.29. The van der Waals surface area contributed by atoms with Crippen molar-refractivity contribution in [2.45, 2.75) is 31.3 Å². The average molecular weight is 317 g/mol. The lowest BCUT2D eigenvalue weighted by Gasteiger charge is -2.30. The van der Waals surface area contributed by atoms with Crippen LogP contribution in [0.1, 0.15) is 19.3 Å². The Hall–Kier alpha value is -1.77. The molecule has 7 nitrogen and oxygen atoms in total. The Balaban J connectivity index is 1.44. The molecule has 1 aliphatic carbocycles. The molecule has 2 fully saturated rings. The van der Waals surface area contributed by atoms with Gasteiger partial charge in [0.1, 0.15) is 10.8 Å². The average Bonchev–Trinajstić information content (AvgIpc) is 3.16. The standard InChI is InChI=1S/C14H19N7S/c15-12-6-8(3-4-16-12)13-20-21-14(22-13)18-10-1-2-11-9(5-10)7-17-19-11/h3-4,6,9-11,17,19H,1-2,5,7H2,(H2,15,16)(H,18,21). The first-order valence-electron chi connectivity index (χ1n) is 7.58. The zero-order chi connectivity index (χ0) is 14.9. The van der Waals surface area contributed by atoms with E-state index in [-0.39, 0.29) is 0 Å². The Morgan fingerprint density at radius 3 is 3.18 bits per heavy atom. The van der Waals surface area contributed by atoms with E-state index in [1.807, 2.05) is 12.1 Å². The van der Waals surface area contributed by atoms with E-state index in [1.54, 1.807) is 17.5 Å². The molecule has 0 spiro atoms. The summed E-state index contributed by atoms with van der Waals surface area (Å²) in [5, 5.41) is 13.8. The van der Waals surface area contributed by atoms with Crippen molar-refractivity contribution < 1.29 is 0 Å². The Bertz CT molecular complexity index is 658. The third kappa shape index (κ3) is 2.77. The Labute approximate surface area is 132 Å². The second-order valence-electron chi connectivity index (χ2n) is 5.93. The molecule has 3 heterocycles. The van der Waals surface area contributed by atoms with Crippen LogP contribution in [0.5, 0.6) is 0 Å². The van der Waals surface area contributed by atoms with Crippen molar-refractivity contribution >= 4 is 22.3 Å². The maximum absolute atomic E-state index is 5.72. The highest BCUT2D eigenvalue weighted by atomic mass is 32.1. The van der Waals surface area contributed by atoms with E-state index in [1.165, 1.54) is 12.8 Å². The van der Waals surface area contributed by atoms with Crippen LogP contribution < -0.4 is 21.9 Å². The highest BCUT2D eigenvalue weighted by molar-refractivity contribution is 7.18. The summed E-state index contributed by atoms with van der Waals surface area (Å²) in [7, 11) is 0. The summed E-state index contributed by atoms with van der Waals surface area (Å²) in [4.78, 5) is 4.00. The smallest absolute Gasteiger partial charge is 0.206 e. The minimum absolute atomic E-state index is 0.478. The zero-order valence-corrected chi connectivity index (χ0v) is 12.9. The molecule has 5 N–H and O–H groups in total. The Morgan fingerprint density at radius 1 is 1.32 bits per heavy atom. The van der Waals surface area contributed by atoms with Gasteiger partial charge in [-0.3, -0.25) is 10.9 Å². The Morgan fingerprint density at radius 2 is 2.27 bits per heavy atom. The molecule has 116 valence electrons. The molecule has 22 heavy (non-hydrogen) atoms. The van der Waals surface area contributed by atoms with E-state index in [9.17, 15) is 0 Å². The van der Waals surface area contributed by atoms with E-state index in [0.717, 1.165) is 28.7 Å². The lowest BCUT2D eigenvalue weighted by molar-refractivity contribution is 0.314. The van der Waals surface area contributed by atoms with Crippen LogP contribution >= 0.6 is 11.3 Å². The molecular formula is C14H19N7S. The van der Waals surface area contributed by atoms with Gasteiger partial charge in [0, 0.05) is 30.4 Å². The second-order valence-corrected chi connectivity index (χ2v) is 6.91. The van der Waals surface area contributed by atoms with Crippen LogP contribution in [0.3, 0.4) is 0 Å². The number of fused-ring (bicyclic) bond motifs is 1. The van der Waals surface area contributed by atoms with Crippen molar-refractivity contribution in [3.8, 4) is 10.6 Å². The molecule has 0 bridgehead atoms. The molecule has 1 saturated heterocycles. The molecule has 3 atom stereocenters. The van der Waals surface area contributed by atoms with Gasteiger partial charge in [0.05, 0.1) is 0 Å². The highest BCUT2D eigenvalue weighted by Gasteiger charge is 2.33. The van der Waals surface area contributed by atoms with Gasteiger partial charge in [-0.05, 0) is 37.3 Å². The lowest BCUT2D eigenvalue weighted by Crippen LogP contribution is -2.39. The molecule has 1 saturated carbocycles. The number of hydrazine groups is 1. The predicted molar refractivity (Wildman–Crippen MR) is 87.2 cm³/mol. The number of nitrogens with zero attached hydrogens (tertiary/aromatic N) is 3. The summed E-state index contributed by atoms with van der Waals surface area (Å²) in [5.74, 6) is 1.21. The molecule has 2 aromatic heterocycles. The molecule has 8 heteroatoms. The highest BCUT2D eigenvalue weighted by Crippen LogP contribution is 2.31. The van der Waals surface area contributed by atoms with Crippen molar-refractivity contribution in [3.63, 3.8) is 0 Å². The number of hydrogen-bond donors (Lipinski definition) is 4. The van der Waals surface area contributed by atoms with Gasteiger partial charge in [-0.2, -0.15) is 0 Å². The number of anilines is 2. The molecule has 4 rings (SSSR count). The van der Waals surface area contributed by atoms with E-state index in [4.69, 9.17) is 5.73 Å². The molecule has 0 amide bonds. The van der Waals surface area contributed by atoms with Gasteiger partial charge in [-0.15, -0.1) is 10.2 Å². The second kappa shape index (κ2) is 5.79. The number of nitrogens with one attached hydrogen (secondary N) is 3. The minimum atomic E-state index is 0.478. The van der Waals surface area contributed by atoms with Crippen molar-refractivity contribution in [1.29, 1.82) is 0 Å². The molecule has 0 radical (unpaired) electrons. The maximum Gasteiger partial charge on any atom is 0.206 e. The van der Waals surface area contributed by atoms with Gasteiger partial charge in [-0.1, -0.05) is 11.3 Å². The number of hydrogen-bond acceptors (Lipinski definition) is 8. The third-order valence-corrected chi connectivity index (χ3v) is 5.32. The number of aromatic nitrogens is 3. The monoisotopic (exact) mass is 317 g/mol. The maximum atomic E-state index is 5.72. The molecular weight excluding hydrogens is 298 g/mol. The van der Waals surface area contributed by atoms with Crippen LogP contribution in [0.15, 0.2) is 18.3 Å². The first kappa shape index (κ1) is 13.9. The Kier molecular flexibility index (Phi) is 3.65. The van der Waals surface area contributed by atoms with Gasteiger partial charge in [0.25, 0.3) is 0 Å². The SMILES string of the molecule is Nc1cc(-c2nnc(NC3CCC4NNCC4C3)s2)ccn1. The summed E-state index contributed by atoms with van der Waals surface area (Å²) in [6, 6.07) is 4.83. The van der Waals surface area contributed by atoms with Crippen LogP contribution in [0, 0.1) is 5.92 Å². The molecule has 3 unspecified atom stereocenters. The van der Waals surface area contributed by atoms with Crippen LogP contribution in [0.25, 0.3) is 10.6 Å². The van der Waals surface area contributed by atoms with E-state index < -0.39 is 0 Å². The number of rotatable bonds is 3. The van der Waals surface area contributed by atoms with Crippen LogP contribution in [0.4, 0.5) is 10.9 Å². The first-order chi connectivity index (χ1) is 10.8. The van der Waals surface area contributed by atoms with Gasteiger partial charge >= 0.3 is 0 Å². The lowest BCUT2D eigenvalue weighted by atomic mass is 9.83. The van der Waals surface area contributed by atoms with Crippen LogP contribution in [-0.4, -0.2) is 33.8 Å². The number of nitrogen functional groups attached to an aromatic ring is 1. The normalized spacial score (nSPS) is 27.5. The minimum Gasteiger partial charge on any atom is -0.384 e. The van der Waals surface area contributed by atoms with E-state index in [2.05, 4.69) is 31.3 Å².